The first-order valence-electron chi connectivity index (χ1n) is 9.37. The van der Waals surface area contributed by atoms with Crippen molar-refractivity contribution in [2.24, 2.45) is 0 Å². The molecule has 30 heavy (non-hydrogen) atoms. The first kappa shape index (κ1) is 25.9. The van der Waals surface area contributed by atoms with Crippen LogP contribution in [-0.4, -0.2) is 66.9 Å². The van der Waals surface area contributed by atoms with E-state index < -0.39 is 0 Å². The Morgan fingerprint density at radius 3 is 2.23 bits per heavy atom. The monoisotopic (exact) mass is 454 g/mol. The van der Waals surface area contributed by atoms with Crippen LogP contribution in [-0.2, 0) is 4.79 Å². The van der Waals surface area contributed by atoms with Gasteiger partial charge < -0.3 is 20.6 Å². The lowest BCUT2D eigenvalue weighted by Crippen LogP contribution is -2.45. The molecule has 2 aliphatic heterocycles. The number of nitrogens with one attached hydrogen (secondary N) is 1. The van der Waals surface area contributed by atoms with Gasteiger partial charge in [-0.15, -0.1) is 24.8 Å². The van der Waals surface area contributed by atoms with Crippen molar-refractivity contribution >= 4 is 53.7 Å². The van der Waals surface area contributed by atoms with Gasteiger partial charge in [-0.1, -0.05) is 24.3 Å². The maximum Gasteiger partial charge on any atom is 0.257 e. The van der Waals surface area contributed by atoms with Crippen molar-refractivity contribution in [1.29, 1.82) is 0 Å². The van der Waals surface area contributed by atoms with Crippen LogP contribution < -0.4 is 10.2 Å². The Morgan fingerprint density at radius 1 is 0.933 bits per heavy atom. The Balaban J connectivity index is 0.00000150. The van der Waals surface area contributed by atoms with Crippen molar-refractivity contribution in [1.82, 2.24) is 9.80 Å². The molecule has 0 atom stereocenters. The van der Waals surface area contributed by atoms with Crippen molar-refractivity contribution in [2.75, 3.05) is 50.0 Å². The van der Waals surface area contributed by atoms with E-state index >= 15 is 0 Å². The zero-order valence-corrected chi connectivity index (χ0v) is 18.5. The van der Waals surface area contributed by atoms with E-state index in [1.165, 1.54) is 0 Å². The van der Waals surface area contributed by atoms with Gasteiger partial charge in [-0.3, -0.25) is 14.5 Å². The summed E-state index contributed by atoms with van der Waals surface area (Å²) in [5.41, 5.74) is 2.54. The van der Waals surface area contributed by atoms with Gasteiger partial charge in [0, 0.05) is 39.1 Å². The topological polar surface area (TPSA) is 87.4 Å². The molecule has 2 heterocycles. The van der Waals surface area contributed by atoms with Crippen LogP contribution in [0.5, 0.6) is 0 Å². The predicted molar refractivity (Wildman–Crippen MR) is 125 cm³/mol. The van der Waals surface area contributed by atoms with E-state index in [9.17, 15) is 9.59 Å². The summed E-state index contributed by atoms with van der Waals surface area (Å²) in [4.78, 5) is 32.2. The summed E-state index contributed by atoms with van der Waals surface area (Å²) in [5.74, 6) is -0.183. The first-order valence-corrected chi connectivity index (χ1v) is 9.37. The number of carbonyl (C=O) groups excluding carboxylic acids is 2. The van der Waals surface area contributed by atoms with Crippen LogP contribution in [0.1, 0.15) is 16.8 Å². The number of para-hydroxylation sites is 3. The van der Waals surface area contributed by atoms with Crippen molar-refractivity contribution in [2.45, 2.75) is 6.42 Å². The van der Waals surface area contributed by atoms with Crippen molar-refractivity contribution in [3.05, 3.63) is 54.1 Å². The number of hydrogen-bond acceptors (Lipinski definition) is 4. The van der Waals surface area contributed by atoms with Gasteiger partial charge in [-0.05, 0) is 31.3 Å². The molecule has 1 saturated heterocycles. The number of carbonyl (C=O) groups is 2. The fourth-order valence-electron chi connectivity index (χ4n) is 3.66. The summed E-state index contributed by atoms with van der Waals surface area (Å²) in [6.45, 7) is 4.76. The van der Waals surface area contributed by atoms with Crippen LogP contribution in [0.4, 0.5) is 17.1 Å². The molecule has 164 valence electrons. The smallest absolute Gasteiger partial charge is 0.257 e. The summed E-state index contributed by atoms with van der Waals surface area (Å²) in [7, 11) is 2.12. The number of rotatable bonds is 3. The Morgan fingerprint density at radius 2 is 1.53 bits per heavy atom. The summed E-state index contributed by atoms with van der Waals surface area (Å²) >= 11 is 0. The fourth-order valence-corrected chi connectivity index (χ4v) is 3.66. The molecule has 0 saturated carbocycles. The second-order valence-electron chi connectivity index (χ2n) is 7.11. The molecule has 2 aliphatic rings. The standard InChI is InChI=1S/C21H24N4O2.2ClH.H2O/c1-23-12-14-24(15-13-23)11-10-20(26)25-18-8-4-2-6-16(18)21(27)22-17-7-3-5-9-19(17)25;;;/h2-9H,10-15H2,1H3,(H,22,27);2*1H;1H2. The van der Waals surface area contributed by atoms with Gasteiger partial charge in [0.2, 0.25) is 5.91 Å². The van der Waals surface area contributed by atoms with Crippen LogP contribution in [0.2, 0.25) is 0 Å². The van der Waals surface area contributed by atoms with Crippen molar-refractivity contribution in [3.8, 4) is 0 Å². The molecule has 0 radical (unpaired) electrons. The lowest BCUT2D eigenvalue weighted by molar-refractivity contribution is -0.118. The second-order valence-corrected chi connectivity index (χ2v) is 7.11. The van der Waals surface area contributed by atoms with Gasteiger partial charge >= 0.3 is 0 Å². The molecule has 2 amide bonds. The number of nitrogens with zero attached hydrogens (tertiary/aromatic N) is 3. The number of likely N-dealkylation sites (N-methyl/N-ethyl adjacent to an activating group) is 1. The number of benzene rings is 2. The number of amides is 2. The van der Waals surface area contributed by atoms with Crippen LogP contribution in [0.15, 0.2) is 48.5 Å². The molecule has 9 heteroatoms. The molecule has 0 spiro atoms. The predicted octanol–water partition coefficient (Wildman–Crippen LogP) is 2.57. The highest BCUT2D eigenvalue weighted by Crippen LogP contribution is 2.38. The minimum atomic E-state index is -0.188. The third-order valence-corrected chi connectivity index (χ3v) is 5.27. The van der Waals surface area contributed by atoms with E-state index in [0.717, 1.165) is 38.4 Å². The van der Waals surface area contributed by atoms with Crippen LogP contribution in [0.25, 0.3) is 0 Å². The van der Waals surface area contributed by atoms with Gasteiger partial charge in [0.25, 0.3) is 5.91 Å². The van der Waals surface area contributed by atoms with E-state index in [0.29, 0.717) is 23.4 Å². The molecule has 0 aromatic heterocycles. The normalized spacial score (nSPS) is 15.9. The van der Waals surface area contributed by atoms with Gasteiger partial charge in [0.1, 0.15) is 0 Å². The molecule has 0 bridgehead atoms. The van der Waals surface area contributed by atoms with Crippen molar-refractivity contribution < 1.29 is 15.1 Å². The number of anilines is 3. The van der Waals surface area contributed by atoms with Gasteiger partial charge in [0.05, 0.1) is 22.6 Å². The molecular weight excluding hydrogens is 427 g/mol. The molecule has 3 N–H and O–H groups in total. The molecule has 0 unspecified atom stereocenters. The average molecular weight is 455 g/mol. The molecule has 0 aliphatic carbocycles. The maximum absolute atomic E-state index is 13.2. The van der Waals surface area contributed by atoms with E-state index in [4.69, 9.17) is 0 Å². The first-order chi connectivity index (χ1) is 13.1. The Hall–Kier alpha value is -2.16. The quantitative estimate of drug-likeness (QED) is 0.771. The highest BCUT2D eigenvalue weighted by molar-refractivity contribution is 6.17. The maximum atomic E-state index is 13.2. The zero-order valence-electron chi connectivity index (χ0n) is 16.8. The Kier molecular flexibility index (Phi) is 9.74. The number of piperazine rings is 1. The summed E-state index contributed by atoms with van der Waals surface area (Å²) in [6.07, 6.45) is 0.417. The molecule has 4 rings (SSSR count). The average Bonchev–Trinajstić information content (AvgIpc) is 2.81. The summed E-state index contributed by atoms with van der Waals surface area (Å²) in [5, 5.41) is 2.93. The third-order valence-electron chi connectivity index (χ3n) is 5.27. The minimum Gasteiger partial charge on any atom is -0.412 e. The van der Waals surface area contributed by atoms with E-state index in [1.54, 1.807) is 11.0 Å². The Bertz CT molecular complexity index is 873. The highest BCUT2D eigenvalue weighted by atomic mass is 35.5. The van der Waals surface area contributed by atoms with E-state index in [-0.39, 0.29) is 42.1 Å². The summed E-state index contributed by atoms with van der Waals surface area (Å²) < 4.78 is 0. The molecule has 7 nitrogen and oxygen atoms in total. The van der Waals surface area contributed by atoms with Gasteiger partial charge in [0.15, 0.2) is 0 Å². The summed E-state index contributed by atoms with van der Waals surface area (Å²) in [6, 6.07) is 14.7. The van der Waals surface area contributed by atoms with E-state index in [1.807, 2.05) is 42.5 Å². The zero-order chi connectivity index (χ0) is 18.8. The largest absolute Gasteiger partial charge is 0.412 e. The van der Waals surface area contributed by atoms with Gasteiger partial charge in [-0.25, -0.2) is 0 Å². The van der Waals surface area contributed by atoms with Crippen molar-refractivity contribution in [3.63, 3.8) is 0 Å². The lowest BCUT2D eigenvalue weighted by atomic mass is 10.1. The van der Waals surface area contributed by atoms with Crippen LogP contribution in [0.3, 0.4) is 0 Å². The number of halogens is 2. The second kappa shape index (κ2) is 11.3. The van der Waals surface area contributed by atoms with Gasteiger partial charge in [-0.2, -0.15) is 0 Å². The molecular formula is C21H28Cl2N4O3. The molecule has 1 fully saturated rings. The van der Waals surface area contributed by atoms with Crippen LogP contribution in [0, 0.1) is 0 Å². The molecule has 2 aromatic carbocycles. The lowest BCUT2D eigenvalue weighted by Gasteiger charge is -2.32. The Labute approximate surface area is 189 Å². The minimum absolute atomic E-state index is 0. The van der Waals surface area contributed by atoms with Crippen LogP contribution >= 0.6 is 24.8 Å². The number of hydrogen-bond donors (Lipinski definition) is 1. The molecule has 2 aromatic rings. The van der Waals surface area contributed by atoms with E-state index in [2.05, 4.69) is 22.2 Å². The third kappa shape index (κ3) is 5.30. The highest BCUT2D eigenvalue weighted by Gasteiger charge is 2.29. The SMILES string of the molecule is CN1CCN(CCC(=O)N2c3ccccc3NC(=O)c3ccccc32)CC1.Cl.Cl.O. The fraction of sp³-hybridized carbons (Fsp3) is 0.333. The number of fused-ring (bicyclic) bond motifs is 2.